The van der Waals surface area contributed by atoms with Crippen LogP contribution < -0.4 is 15.4 Å². The summed E-state index contributed by atoms with van der Waals surface area (Å²) in [4.78, 5) is 24.3. The molecule has 0 saturated heterocycles. The summed E-state index contributed by atoms with van der Waals surface area (Å²) in [5.74, 6) is -0.168. The van der Waals surface area contributed by atoms with Gasteiger partial charge < -0.3 is 15.4 Å². The lowest BCUT2D eigenvalue weighted by atomic mass is 10.1. The molecule has 0 aliphatic carbocycles. The number of carbonyl (C=O) groups excluding carboxylic acids is 2. The number of hydrogen-bond donors (Lipinski definition) is 2. The number of benzene rings is 2. The molecule has 1 unspecified atom stereocenters. The molecule has 2 aromatic rings. The first kappa shape index (κ1) is 15.6. The van der Waals surface area contributed by atoms with Crippen LogP contribution in [0, 0.1) is 0 Å². The van der Waals surface area contributed by atoms with Gasteiger partial charge in [0.25, 0.3) is 5.91 Å². The van der Waals surface area contributed by atoms with Crippen molar-refractivity contribution in [3.63, 3.8) is 0 Å². The number of ether oxygens (including phenoxy) is 1. The van der Waals surface area contributed by atoms with E-state index in [1.807, 2.05) is 18.2 Å². The van der Waals surface area contributed by atoms with E-state index >= 15 is 0 Å². The molecule has 0 heterocycles. The normalized spacial score (nSPS) is 11.4. The van der Waals surface area contributed by atoms with Crippen molar-refractivity contribution >= 4 is 17.5 Å². The van der Waals surface area contributed by atoms with E-state index in [0.717, 1.165) is 0 Å². The fourth-order valence-electron chi connectivity index (χ4n) is 1.94. The van der Waals surface area contributed by atoms with Crippen molar-refractivity contribution in [3.05, 3.63) is 60.2 Å². The maximum atomic E-state index is 12.2. The summed E-state index contributed by atoms with van der Waals surface area (Å²) >= 11 is 0. The van der Waals surface area contributed by atoms with Gasteiger partial charge in [0, 0.05) is 5.69 Å². The van der Waals surface area contributed by atoms with Crippen molar-refractivity contribution in [2.45, 2.75) is 13.0 Å². The second kappa shape index (κ2) is 7.26. The third-order valence-electron chi connectivity index (χ3n) is 3.13. The molecule has 114 valence electrons. The van der Waals surface area contributed by atoms with Gasteiger partial charge in [0.05, 0.1) is 12.7 Å². The second-order valence-electron chi connectivity index (χ2n) is 4.75. The lowest BCUT2D eigenvalue weighted by molar-refractivity contribution is -0.117. The minimum Gasteiger partial charge on any atom is -0.496 e. The Labute approximate surface area is 129 Å². The first-order valence-corrected chi connectivity index (χ1v) is 6.91. The van der Waals surface area contributed by atoms with E-state index in [9.17, 15) is 9.59 Å². The highest BCUT2D eigenvalue weighted by Crippen LogP contribution is 2.17. The Morgan fingerprint density at radius 3 is 2.32 bits per heavy atom. The minimum absolute atomic E-state index is 0.283. The van der Waals surface area contributed by atoms with Gasteiger partial charge in [-0.1, -0.05) is 30.3 Å². The van der Waals surface area contributed by atoms with E-state index in [4.69, 9.17) is 4.74 Å². The van der Waals surface area contributed by atoms with Crippen LogP contribution in [-0.2, 0) is 4.79 Å². The van der Waals surface area contributed by atoms with Crippen molar-refractivity contribution < 1.29 is 14.3 Å². The van der Waals surface area contributed by atoms with Crippen LogP contribution in [0.2, 0.25) is 0 Å². The van der Waals surface area contributed by atoms with Crippen LogP contribution in [-0.4, -0.2) is 25.0 Å². The third kappa shape index (κ3) is 3.85. The summed E-state index contributed by atoms with van der Waals surface area (Å²) in [5, 5.41) is 5.40. The highest BCUT2D eigenvalue weighted by Gasteiger charge is 2.18. The predicted molar refractivity (Wildman–Crippen MR) is 85.0 cm³/mol. The molecule has 0 aliphatic heterocycles. The summed E-state index contributed by atoms with van der Waals surface area (Å²) in [6, 6.07) is 15.3. The van der Waals surface area contributed by atoms with E-state index in [1.165, 1.54) is 7.11 Å². The Hall–Kier alpha value is -2.82. The number of hydrogen-bond acceptors (Lipinski definition) is 3. The summed E-state index contributed by atoms with van der Waals surface area (Å²) in [7, 11) is 1.50. The smallest absolute Gasteiger partial charge is 0.255 e. The number of methoxy groups -OCH3 is 1. The van der Waals surface area contributed by atoms with E-state index in [1.54, 1.807) is 43.3 Å². The molecule has 1 atom stereocenters. The number of nitrogens with one attached hydrogen (secondary N) is 2. The average Bonchev–Trinajstić information content (AvgIpc) is 2.55. The van der Waals surface area contributed by atoms with Crippen molar-refractivity contribution in [2.75, 3.05) is 12.4 Å². The topological polar surface area (TPSA) is 67.4 Å². The minimum atomic E-state index is -0.669. The summed E-state index contributed by atoms with van der Waals surface area (Å²) < 4.78 is 5.14. The fourth-order valence-corrected chi connectivity index (χ4v) is 1.94. The third-order valence-corrected chi connectivity index (χ3v) is 3.13. The maximum Gasteiger partial charge on any atom is 0.255 e. The van der Waals surface area contributed by atoms with Crippen LogP contribution in [0.3, 0.4) is 0 Å². The molecule has 2 amide bonds. The Bertz CT molecular complexity index is 656. The van der Waals surface area contributed by atoms with Crippen LogP contribution in [0.1, 0.15) is 17.3 Å². The lowest BCUT2D eigenvalue weighted by Gasteiger charge is -2.15. The molecular weight excluding hydrogens is 280 g/mol. The van der Waals surface area contributed by atoms with Gasteiger partial charge in [0.1, 0.15) is 11.8 Å². The molecule has 22 heavy (non-hydrogen) atoms. The maximum absolute atomic E-state index is 12.2. The molecule has 2 N–H and O–H groups in total. The second-order valence-corrected chi connectivity index (χ2v) is 4.75. The standard InChI is InChI=1S/C17H18N2O3/c1-12(16(20)19-13-8-4-3-5-9-13)18-17(21)14-10-6-7-11-15(14)22-2/h3-12H,1-2H3,(H,18,21)(H,19,20). The Morgan fingerprint density at radius 1 is 1.00 bits per heavy atom. The van der Waals surface area contributed by atoms with Crippen LogP contribution >= 0.6 is 0 Å². The summed E-state index contributed by atoms with van der Waals surface area (Å²) in [5.41, 5.74) is 1.08. The number of anilines is 1. The van der Waals surface area contributed by atoms with Gasteiger partial charge in [-0.25, -0.2) is 0 Å². The van der Waals surface area contributed by atoms with E-state index in [0.29, 0.717) is 17.0 Å². The van der Waals surface area contributed by atoms with Crippen molar-refractivity contribution in [2.24, 2.45) is 0 Å². The van der Waals surface area contributed by atoms with Gasteiger partial charge in [0.2, 0.25) is 5.91 Å². The largest absolute Gasteiger partial charge is 0.496 e. The molecule has 0 saturated carbocycles. The molecule has 5 heteroatoms. The first-order valence-electron chi connectivity index (χ1n) is 6.91. The predicted octanol–water partition coefficient (Wildman–Crippen LogP) is 2.45. The van der Waals surface area contributed by atoms with Gasteiger partial charge >= 0.3 is 0 Å². The monoisotopic (exact) mass is 298 g/mol. The molecule has 0 aromatic heterocycles. The molecule has 0 radical (unpaired) electrons. The quantitative estimate of drug-likeness (QED) is 0.891. The zero-order valence-electron chi connectivity index (χ0n) is 12.5. The van der Waals surface area contributed by atoms with Crippen LogP contribution in [0.15, 0.2) is 54.6 Å². The van der Waals surface area contributed by atoms with Gasteiger partial charge in [-0.3, -0.25) is 9.59 Å². The van der Waals surface area contributed by atoms with Gasteiger partial charge in [-0.2, -0.15) is 0 Å². The molecule has 2 aromatic carbocycles. The van der Waals surface area contributed by atoms with Crippen molar-refractivity contribution in [1.82, 2.24) is 5.32 Å². The van der Waals surface area contributed by atoms with Crippen LogP contribution in [0.25, 0.3) is 0 Å². The molecule has 0 aliphatic rings. The number of carbonyl (C=O) groups is 2. The first-order chi connectivity index (χ1) is 10.6. The van der Waals surface area contributed by atoms with Crippen LogP contribution in [0.4, 0.5) is 5.69 Å². The zero-order valence-corrected chi connectivity index (χ0v) is 12.5. The van der Waals surface area contributed by atoms with Crippen LogP contribution in [0.5, 0.6) is 5.75 Å². The Kier molecular flexibility index (Phi) is 5.14. The van der Waals surface area contributed by atoms with Gasteiger partial charge in [-0.05, 0) is 31.2 Å². The molecular formula is C17H18N2O3. The summed E-state index contributed by atoms with van der Waals surface area (Å²) in [6.45, 7) is 1.63. The summed E-state index contributed by atoms with van der Waals surface area (Å²) in [6.07, 6.45) is 0. The van der Waals surface area contributed by atoms with E-state index in [2.05, 4.69) is 10.6 Å². The fraction of sp³-hybridized carbons (Fsp3) is 0.176. The number of amides is 2. The number of rotatable bonds is 5. The highest BCUT2D eigenvalue weighted by molar-refractivity contribution is 6.02. The lowest BCUT2D eigenvalue weighted by Crippen LogP contribution is -2.41. The molecule has 2 rings (SSSR count). The van der Waals surface area contributed by atoms with Crippen molar-refractivity contribution in [1.29, 1.82) is 0 Å². The molecule has 0 fully saturated rings. The van der Waals surface area contributed by atoms with E-state index < -0.39 is 6.04 Å². The van der Waals surface area contributed by atoms with Crippen molar-refractivity contribution in [3.8, 4) is 5.75 Å². The molecule has 0 spiro atoms. The van der Waals surface area contributed by atoms with E-state index in [-0.39, 0.29) is 11.8 Å². The zero-order chi connectivity index (χ0) is 15.9. The molecule has 5 nitrogen and oxygen atoms in total. The van der Waals surface area contributed by atoms with Gasteiger partial charge in [0.15, 0.2) is 0 Å². The molecule has 0 bridgehead atoms. The SMILES string of the molecule is COc1ccccc1C(=O)NC(C)C(=O)Nc1ccccc1. The Morgan fingerprint density at radius 2 is 1.64 bits per heavy atom. The highest BCUT2D eigenvalue weighted by atomic mass is 16.5. The Balaban J connectivity index is 2.00. The van der Waals surface area contributed by atoms with Gasteiger partial charge in [-0.15, -0.1) is 0 Å². The average molecular weight is 298 g/mol. The number of para-hydroxylation sites is 2.